The van der Waals surface area contributed by atoms with Gasteiger partial charge in [0.25, 0.3) is 10.0 Å². The molecule has 150 valence electrons. The number of ether oxygens (including phenoxy) is 1. The number of carbonyl (C=O) groups is 1. The van der Waals surface area contributed by atoms with Crippen LogP contribution in [-0.2, 0) is 14.8 Å². The summed E-state index contributed by atoms with van der Waals surface area (Å²) in [6, 6.07) is 11.3. The molecule has 6 nitrogen and oxygen atoms in total. The first kappa shape index (κ1) is 21.8. The van der Waals surface area contributed by atoms with Gasteiger partial charge in [-0.3, -0.25) is 9.52 Å². The van der Waals surface area contributed by atoms with Gasteiger partial charge in [0.15, 0.2) is 0 Å². The number of nitrogens with one attached hydrogen (secondary N) is 2. The van der Waals surface area contributed by atoms with Crippen LogP contribution in [0.1, 0.15) is 13.8 Å². The van der Waals surface area contributed by atoms with Crippen molar-refractivity contribution in [1.29, 1.82) is 0 Å². The highest BCUT2D eigenvalue weighted by Gasteiger charge is 2.18. The van der Waals surface area contributed by atoms with E-state index in [2.05, 4.69) is 16.6 Å². The molecular formula is C20H24N2O4S2. The zero-order valence-corrected chi connectivity index (χ0v) is 17.7. The first-order valence-corrected chi connectivity index (χ1v) is 11.3. The Kier molecular flexibility index (Phi) is 7.53. The molecule has 28 heavy (non-hydrogen) atoms. The minimum Gasteiger partial charge on any atom is -0.489 e. The quantitative estimate of drug-likeness (QED) is 0.465. The summed E-state index contributed by atoms with van der Waals surface area (Å²) in [6.45, 7) is 7.46. The fraction of sp³-hybridized carbons (Fsp3) is 0.250. The third kappa shape index (κ3) is 5.77. The van der Waals surface area contributed by atoms with Gasteiger partial charge in [0, 0.05) is 16.9 Å². The number of carbonyl (C=O) groups excluding carboxylic acids is 1. The lowest BCUT2D eigenvalue weighted by molar-refractivity contribution is -0.118. The Bertz CT molecular complexity index is 956. The topological polar surface area (TPSA) is 84.5 Å². The largest absolute Gasteiger partial charge is 0.489 e. The molecule has 0 bridgehead atoms. The summed E-state index contributed by atoms with van der Waals surface area (Å²) in [5, 5.41) is 2.79. The van der Waals surface area contributed by atoms with Crippen LogP contribution < -0.4 is 14.8 Å². The number of hydrogen-bond donors (Lipinski definition) is 2. The lowest BCUT2D eigenvalue weighted by atomic mass is 10.2. The average Bonchev–Trinajstić information content (AvgIpc) is 2.66. The third-order valence-electron chi connectivity index (χ3n) is 3.72. The highest BCUT2D eigenvalue weighted by atomic mass is 32.2. The normalized spacial score (nSPS) is 11.1. The molecule has 0 unspecified atom stereocenters. The van der Waals surface area contributed by atoms with Crippen molar-refractivity contribution >= 4 is 39.1 Å². The van der Waals surface area contributed by atoms with Gasteiger partial charge < -0.3 is 10.1 Å². The van der Waals surface area contributed by atoms with Crippen LogP contribution in [0.5, 0.6) is 5.75 Å². The molecule has 0 aliphatic heterocycles. The zero-order valence-electron chi connectivity index (χ0n) is 16.1. The van der Waals surface area contributed by atoms with Crippen LogP contribution in [0.15, 0.2) is 64.9 Å². The summed E-state index contributed by atoms with van der Waals surface area (Å²) in [5.41, 5.74) is 0.848. The number of hydrogen-bond acceptors (Lipinski definition) is 5. The van der Waals surface area contributed by atoms with Crippen LogP contribution in [0.3, 0.4) is 0 Å². The van der Waals surface area contributed by atoms with E-state index in [1.165, 1.54) is 23.9 Å². The maximum atomic E-state index is 12.8. The molecule has 8 heteroatoms. The Morgan fingerprint density at radius 3 is 2.64 bits per heavy atom. The molecule has 0 atom stereocenters. The van der Waals surface area contributed by atoms with Gasteiger partial charge in [-0.25, -0.2) is 8.42 Å². The van der Waals surface area contributed by atoms with E-state index in [0.717, 1.165) is 4.90 Å². The van der Waals surface area contributed by atoms with E-state index < -0.39 is 10.0 Å². The molecule has 0 saturated heterocycles. The average molecular weight is 421 g/mol. The van der Waals surface area contributed by atoms with Crippen LogP contribution >= 0.6 is 11.8 Å². The van der Waals surface area contributed by atoms with Crippen LogP contribution in [0.25, 0.3) is 0 Å². The Morgan fingerprint density at radius 2 is 2.00 bits per heavy atom. The smallest absolute Gasteiger partial charge is 0.261 e. The van der Waals surface area contributed by atoms with Gasteiger partial charge in [0.2, 0.25) is 5.91 Å². The van der Waals surface area contributed by atoms with Gasteiger partial charge in [-0.15, -0.1) is 11.8 Å². The SMILES string of the molecule is C=CCOc1cccc(NS(=O)(=O)c2ccc(SC)c(NC(=O)C(C)C)c2)c1. The number of sulfonamides is 1. The minimum atomic E-state index is -3.84. The van der Waals surface area contributed by atoms with E-state index in [1.54, 1.807) is 50.3 Å². The lowest BCUT2D eigenvalue weighted by Gasteiger charge is -2.14. The summed E-state index contributed by atoms with van der Waals surface area (Å²) >= 11 is 1.43. The molecule has 0 aromatic heterocycles. The molecule has 0 heterocycles. The Morgan fingerprint density at radius 1 is 1.25 bits per heavy atom. The molecule has 2 N–H and O–H groups in total. The molecule has 0 aliphatic rings. The summed E-state index contributed by atoms with van der Waals surface area (Å²) < 4.78 is 33.6. The van der Waals surface area contributed by atoms with Crippen molar-refractivity contribution in [2.75, 3.05) is 22.9 Å². The predicted molar refractivity (Wildman–Crippen MR) is 115 cm³/mol. The monoisotopic (exact) mass is 420 g/mol. The number of anilines is 2. The molecule has 0 saturated carbocycles. The molecule has 0 aliphatic carbocycles. The standard InChI is InChI=1S/C20H24N2O4S2/c1-5-11-26-16-8-6-7-15(12-16)22-28(24,25)17-9-10-19(27-4)18(13-17)21-20(23)14(2)3/h5-10,12-14,22H,1,11H2,2-4H3,(H,21,23). The van der Waals surface area contributed by atoms with Crippen LogP contribution in [0.2, 0.25) is 0 Å². The fourth-order valence-corrected chi connectivity index (χ4v) is 3.86. The van der Waals surface area contributed by atoms with Crippen molar-refractivity contribution in [2.45, 2.75) is 23.6 Å². The van der Waals surface area contributed by atoms with Crippen molar-refractivity contribution < 1.29 is 17.9 Å². The van der Waals surface area contributed by atoms with E-state index in [-0.39, 0.29) is 16.7 Å². The highest BCUT2D eigenvalue weighted by Crippen LogP contribution is 2.30. The molecule has 0 fully saturated rings. The number of benzene rings is 2. The molecule has 0 radical (unpaired) electrons. The second kappa shape index (κ2) is 9.66. The van der Waals surface area contributed by atoms with E-state index in [1.807, 2.05) is 6.26 Å². The Hall–Kier alpha value is -2.45. The summed E-state index contributed by atoms with van der Waals surface area (Å²) in [4.78, 5) is 12.9. The molecular weight excluding hydrogens is 396 g/mol. The second-order valence-corrected chi connectivity index (χ2v) is 8.77. The maximum absolute atomic E-state index is 12.8. The van der Waals surface area contributed by atoms with Crippen LogP contribution in [-0.4, -0.2) is 27.2 Å². The van der Waals surface area contributed by atoms with E-state index in [9.17, 15) is 13.2 Å². The van der Waals surface area contributed by atoms with Gasteiger partial charge in [0.1, 0.15) is 12.4 Å². The van der Waals surface area contributed by atoms with Gasteiger partial charge in [-0.2, -0.15) is 0 Å². The predicted octanol–water partition coefficient (Wildman–Crippen LogP) is 4.37. The van der Waals surface area contributed by atoms with Crippen molar-refractivity contribution in [3.8, 4) is 5.75 Å². The van der Waals surface area contributed by atoms with Crippen molar-refractivity contribution in [3.05, 3.63) is 55.1 Å². The van der Waals surface area contributed by atoms with Crippen molar-refractivity contribution in [1.82, 2.24) is 0 Å². The molecule has 2 aromatic rings. The van der Waals surface area contributed by atoms with Crippen LogP contribution in [0, 0.1) is 5.92 Å². The number of rotatable bonds is 9. The Labute approximate surface area is 170 Å². The fourth-order valence-electron chi connectivity index (χ4n) is 2.25. The van der Waals surface area contributed by atoms with Crippen molar-refractivity contribution in [2.24, 2.45) is 5.92 Å². The van der Waals surface area contributed by atoms with Gasteiger partial charge in [0.05, 0.1) is 16.3 Å². The van der Waals surface area contributed by atoms with E-state index in [0.29, 0.717) is 23.7 Å². The zero-order chi connectivity index (χ0) is 20.7. The van der Waals surface area contributed by atoms with Gasteiger partial charge >= 0.3 is 0 Å². The first-order chi connectivity index (χ1) is 13.3. The highest BCUT2D eigenvalue weighted by molar-refractivity contribution is 7.98. The van der Waals surface area contributed by atoms with E-state index in [4.69, 9.17) is 4.74 Å². The summed E-state index contributed by atoms with van der Waals surface area (Å²) in [7, 11) is -3.84. The van der Waals surface area contributed by atoms with Gasteiger partial charge in [-0.05, 0) is 36.6 Å². The number of thioether (sulfide) groups is 1. The Balaban J connectivity index is 2.30. The third-order valence-corrected chi connectivity index (χ3v) is 5.89. The maximum Gasteiger partial charge on any atom is 0.261 e. The molecule has 0 spiro atoms. The lowest BCUT2D eigenvalue weighted by Crippen LogP contribution is -2.19. The van der Waals surface area contributed by atoms with Gasteiger partial charge in [-0.1, -0.05) is 32.6 Å². The summed E-state index contributed by atoms with van der Waals surface area (Å²) in [5.74, 6) is 0.138. The minimum absolute atomic E-state index is 0.0572. The summed E-state index contributed by atoms with van der Waals surface area (Å²) in [6.07, 6.45) is 3.47. The number of amides is 1. The second-order valence-electron chi connectivity index (χ2n) is 6.24. The molecule has 2 aromatic carbocycles. The first-order valence-electron chi connectivity index (χ1n) is 8.62. The molecule has 2 rings (SSSR count). The van der Waals surface area contributed by atoms with Crippen molar-refractivity contribution in [3.63, 3.8) is 0 Å². The van der Waals surface area contributed by atoms with Crippen LogP contribution in [0.4, 0.5) is 11.4 Å². The van der Waals surface area contributed by atoms with E-state index >= 15 is 0 Å². The molecule has 1 amide bonds.